The van der Waals surface area contributed by atoms with Crippen LogP contribution in [-0.4, -0.2) is 37.6 Å². The van der Waals surface area contributed by atoms with Crippen LogP contribution in [0, 0.1) is 0 Å². The number of nitrogens with zero attached hydrogens (tertiary/aromatic N) is 2. The van der Waals surface area contributed by atoms with Gasteiger partial charge in [0.05, 0.1) is 12.8 Å². The molecule has 1 aromatic rings. The molecule has 6 heteroatoms. The predicted octanol–water partition coefficient (Wildman–Crippen LogP) is 0.117. The highest BCUT2D eigenvalue weighted by atomic mass is 16.3. The van der Waals surface area contributed by atoms with E-state index in [2.05, 4.69) is 10.5 Å². The first-order valence-corrected chi connectivity index (χ1v) is 5.14. The van der Waals surface area contributed by atoms with E-state index in [-0.39, 0.29) is 6.61 Å². The van der Waals surface area contributed by atoms with Crippen molar-refractivity contribution >= 4 is 17.9 Å². The quantitative estimate of drug-likeness (QED) is 0.501. The van der Waals surface area contributed by atoms with Gasteiger partial charge in [-0.3, -0.25) is 0 Å². The van der Waals surface area contributed by atoms with Crippen molar-refractivity contribution in [3.8, 4) is 0 Å². The van der Waals surface area contributed by atoms with E-state index in [0.29, 0.717) is 6.54 Å². The van der Waals surface area contributed by atoms with Crippen LogP contribution < -0.4 is 16.1 Å². The molecule has 0 saturated heterocycles. The summed E-state index contributed by atoms with van der Waals surface area (Å²) in [5.41, 5.74) is 8.82. The van der Waals surface area contributed by atoms with E-state index < -0.39 is 6.03 Å². The summed E-state index contributed by atoms with van der Waals surface area (Å²) >= 11 is 0. The normalized spacial score (nSPS) is 10.5. The number of primary amides is 1. The van der Waals surface area contributed by atoms with Gasteiger partial charge in [-0.05, 0) is 17.7 Å². The predicted molar refractivity (Wildman–Crippen MR) is 67.1 cm³/mol. The molecule has 0 aliphatic carbocycles. The van der Waals surface area contributed by atoms with Crippen LogP contribution in [0.4, 0.5) is 10.5 Å². The van der Waals surface area contributed by atoms with Crippen LogP contribution >= 0.6 is 0 Å². The molecule has 0 saturated carbocycles. The number of carbonyl (C=O) groups excluding carboxylic acids is 1. The average Bonchev–Trinajstić information content (AvgIpc) is 2.30. The Bertz CT molecular complexity index is 389. The van der Waals surface area contributed by atoms with Gasteiger partial charge in [-0.2, -0.15) is 5.10 Å². The van der Waals surface area contributed by atoms with Gasteiger partial charge in [-0.25, -0.2) is 10.2 Å². The molecular formula is C11H16N4O2. The Morgan fingerprint density at radius 2 is 2.18 bits per heavy atom. The maximum absolute atomic E-state index is 10.4. The zero-order valence-electron chi connectivity index (χ0n) is 9.63. The van der Waals surface area contributed by atoms with E-state index >= 15 is 0 Å². The van der Waals surface area contributed by atoms with Gasteiger partial charge in [-0.1, -0.05) is 12.1 Å². The molecule has 0 atom stereocenters. The molecule has 0 heterocycles. The Morgan fingerprint density at radius 1 is 1.53 bits per heavy atom. The van der Waals surface area contributed by atoms with Gasteiger partial charge in [0.2, 0.25) is 0 Å². The van der Waals surface area contributed by atoms with Gasteiger partial charge in [0, 0.05) is 19.3 Å². The summed E-state index contributed by atoms with van der Waals surface area (Å²) in [7, 11) is 1.90. The van der Waals surface area contributed by atoms with Crippen molar-refractivity contribution in [2.75, 3.05) is 25.1 Å². The fourth-order valence-corrected chi connectivity index (χ4v) is 1.26. The Morgan fingerprint density at radius 3 is 2.71 bits per heavy atom. The van der Waals surface area contributed by atoms with E-state index in [4.69, 9.17) is 10.8 Å². The number of benzene rings is 1. The molecule has 0 aliphatic rings. The molecule has 0 aliphatic heterocycles. The van der Waals surface area contributed by atoms with Crippen LogP contribution in [-0.2, 0) is 0 Å². The van der Waals surface area contributed by atoms with Crippen molar-refractivity contribution in [3.05, 3.63) is 29.8 Å². The summed E-state index contributed by atoms with van der Waals surface area (Å²) in [6, 6.07) is 6.83. The number of nitrogens with two attached hydrogens (primary N) is 1. The maximum atomic E-state index is 10.4. The second kappa shape index (κ2) is 6.49. The van der Waals surface area contributed by atoms with Crippen molar-refractivity contribution in [2.24, 2.45) is 10.8 Å². The Balaban J connectivity index is 2.61. The Kier molecular flexibility index (Phi) is 4.96. The third kappa shape index (κ3) is 4.52. The number of aliphatic hydroxyl groups excluding tert-OH is 1. The largest absolute Gasteiger partial charge is 0.395 e. The third-order valence-corrected chi connectivity index (χ3v) is 2.16. The molecule has 4 N–H and O–H groups in total. The molecule has 92 valence electrons. The van der Waals surface area contributed by atoms with Crippen LogP contribution in [0.1, 0.15) is 5.56 Å². The molecule has 17 heavy (non-hydrogen) atoms. The van der Waals surface area contributed by atoms with Gasteiger partial charge in [-0.15, -0.1) is 0 Å². The smallest absolute Gasteiger partial charge is 0.332 e. The minimum Gasteiger partial charge on any atom is -0.395 e. The monoisotopic (exact) mass is 236 g/mol. The molecule has 0 spiro atoms. The van der Waals surface area contributed by atoms with Crippen molar-refractivity contribution < 1.29 is 9.90 Å². The third-order valence-electron chi connectivity index (χ3n) is 2.16. The number of hydrogen-bond acceptors (Lipinski definition) is 4. The Hall–Kier alpha value is -2.08. The number of aliphatic hydroxyl groups is 1. The minimum atomic E-state index is -0.694. The lowest BCUT2D eigenvalue weighted by atomic mass is 10.2. The second-order valence-corrected chi connectivity index (χ2v) is 3.47. The van der Waals surface area contributed by atoms with E-state index in [0.717, 1.165) is 11.3 Å². The standard InChI is InChI=1S/C11H16N4O2/c1-15(6-7-16)10-4-2-9(3-5-10)8-13-14-11(12)17/h2-5,8,16H,6-7H2,1H3,(H3,12,14,17). The molecule has 6 nitrogen and oxygen atoms in total. The Labute approximate surface area is 99.7 Å². The van der Waals surface area contributed by atoms with E-state index in [1.165, 1.54) is 6.21 Å². The van der Waals surface area contributed by atoms with Gasteiger partial charge in [0.25, 0.3) is 0 Å². The molecule has 1 aromatic carbocycles. The van der Waals surface area contributed by atoms with Gasteiger partial charge >= 0.3 is 6.03 Å². The summed E-state index contributed by atoms with van der Waals surface area (Å²) in [4.78, 5) is 12.3. The van der Waals surface area contributed by atoms with Crippen LogP contribution in [0.25, 0.3) is 0 Å². The van der Waals surface area contributed by atoms with Crippen LogP contribution in [0.5, 0.6) is 0 Å². The lowest BCUT2D eigenvalue weighted by Gasteiger charge is -2.17. The van der Waals surface area contributed by atoms with Gasteiger partial charge in [0.15, 0.2) is 0 Å². The summed E-state index contributed by atoms with van der Waals surface area (Å²) in [6.07, 6.45) is 1.50. The molecule has 0 aromatic heterocycles. The minimum absolute atomic E-state index is 0.113. The number of nitrogens with one attached hydrogen (secondary N) is 1. The van der Waals surface area contributed by atoms with Gasteiger partial charge < -0.3 is 15.7 Å². The summed E-state index contributed by atoms with van der Waals surface area (Å²) < 4.78 is 0. The fourth-order valence-electron chi connectivity index (χ4n) is 1.26. The molecule has 2 amide bonds. The highest BCUT2D eigenvalue weighted by Crippen LogP contribution is 2.12. The number of urea groups is 1. The van der Waals surface area contributed by atoms with Crippen LogP contribution in [0.15, 0.2) is 29.4 Å². The summed E-state index contributed by atoms with van der Waals surface area (Å²) in [6.45, 7) is 0.693. The van der Waals surface area contributed by atoms with Crippen molar-refractivity contribution in [1.29, 1.82) is 0 Å². The molecule has 1 rings (SSSR count). The molecule has 0 radical (unpaired) electrons. The number of carbonyl (C=O) groups is 1. The zero-order chi connectivity index (χ0) is 12.7. The van der Waals surface area contributed by atoms with Gasteiger partial charge in [0.1, 0.15) is 0 Å². The number of rotatable bonds is 5. The molecule has 0 unspecified atom stereocenters. The fraction of sp³-hybridized carbons (Fsp3) is 0.273. The van der Waals surface area contributed by atoms with Crippen molar-refractivity contribution in [1.82, 2.24) is 5.43 Å². The molecular weight excluding hydrogens is 220 g/mol. The number of anilines is 1. The van der Waals surface area contributed by atoms with E-state index in [1.807, 2.05) is 36.2 Å². The van der Waals surface area contributed by atoms with Crippen LogP contribution in [0.3, 0.4) is 0 Å². The highest BCUT2D eigenvalue weighted by Gasteiger charge is 1.98. The first kappa shape index (κ1) is 13.0. The average molecular weight is 236 g/mol. The number of hydrogen-bond donors (Lipinski definition) is 3. The number of hydrazone groups is 1. The summed E-state index contributed by atoms with van der Waals surface area (Å²) in [5, 5.41) is 12.5. The van der Waals surface area contributed by atoms with E-state index in [1.54, 1.807) is 0 Å². The first-order chi connectivity index (χ1) is 8.13. The second-order valence-electron chi connectivity index (χ2n) is 3.47. The van der Waals surface area contributed by atoms with Crippen molar-refractivity contribution in [3.63, 3.8) is 0 Å². The maximum Gasteiger partial charge on any atom is 0.332 e. The zero-order valence-corrected chi connectivity index (χ0v) is 9.63. The van der Waals surface area contributed by atoms with Crippen LogP contribution in [0.2, 0.25) is 0 Å². The highest BCUT2D eigenvalue weighted by molar-refractivity contribution is 5.82. The van der Waals surface area contributed by atoms with E-state index in [9.17, 15) is 4.79 Å². The topological polar surface area (TPSA) is 90.9 Å². The van der Waals surface area contributed by atoms with Crippen molar-refractivity contribution in [2.45, 2.75) is 0 Å². The summed E-state index contributed by atoms with van der Waals surface area (Å²) in [5.74, 6) is 0. The lowest BCUT2D eigenvalue weighted by molar-refractivity contribution is 0.249. The molecule has 0 bridgehead atoms. The molecule has 0 fully saturated rings. The number of amides is 2. The first-order valence-electron chi connectivity index (χ1n) is 5.14. The number of likely N-dealkylation sites (N-methyl/N-ethyl adjacent to an activating group) is 1. The SMILES string of the molecule is CN(CCO)c1ccc(C=NNC(N)=O)cc1. The lowest BCUT2D eigenvalue weighted by Crippen LogP contribution is -2.24.